The first-order chi connectivity index (χ1) is 8.45. The van der Waals surface area contributed by atoms with Crippen molar-refractivity contribution < 1.29 is 14.3 Å². The second-order valence-corrected chi connectivity index (χ2v) is 4.34. The number of carbonyl (C=O) groups excluding carboxylic acids is 2. The topological polar surface area (TPSA) is 55.4 Å². The molecule has 1 aromatic rings. The Morgan fingerprint density at radius 1 is 1.33 bits per heavy atom. The Morgan fingerprint density at radius 3 is 2.50 bits per heavy atom. The van der Waals surface area contributed by atoms with E-state index >= 15 is 0 Å². The van der Waals surface area contributed by atoms with Gasteiger partial charge in [0.1, 0.15) is 5.75 Å². The molecule has 0 heterocycles. The highest BCUT2D eigenvalue weighted by atomic mass is 16.5. The summed E-state index contributed by atoms with van der Waals surface area (Å²) in [5, 5.41) is 2.76. The summed E-state index contributed by atoms with van der Waals surface area (Å²) in [4.78, 5) is 23.1. The molecule has 1 rings (SSSR count). The zero-order valence-electron chi connectivity index (χ0n) is 11.2. The molecule has 0 aromatic heterocycles. The fourth-order valence-electron chi connectivity index (χ4n) is 1.45. The Bertz CT molecular complexity index is 452. The SMILES string of the molecule is CCOc1ccc(NC(=O)C(C)C)cc1C(C)=O. The number of carbonyl (C=O) groups is 2. The molecule has 4 heteroatoms. The standard InChI is InChI=1S/C14H19NO3/c1-5-18-13-7-6-11(8-12(13)10(4)16)15-14(17)9(2)3/h6-9H,5H2,1-4H3,(H,15,17). The minimum atomic E-state index is -0.0997. The summed E-state index contributed by atoms with van der Waals surface area (Å²) in [5.41, 5.74) is 1.10. The van der Waals surface area contributed by atoms with Crippen LogP contribution in [-0.2, 0) is 4.79 Å². The molecule has 1 N–H and O–H groups in total. The normalized spacial score (nSPS) is 10.3. The summed E-state index contributed by atoms with van der Waals surface area (Å²) in [6, 6.07) is 5.08. The molecule has 0 fully saturated rings. The van der Waals surface area contributed by atoms with Gasteiger partial charge in [0.05, 0.1) is 12.2 Å². The molecule has 1 amide bonds. The number of nitrogens with one attached hydrogen (secondary N) is 1. The molecule has 0 atom stereocenters. The molecule has 1 aromatic carbocycles. The van der Waals surface area contributed by atoms with Crippen molar-refractivity contribution in [2.24, 2.45) is 5.92 Å². The van der Waals surface area contributed by atoms with E-state index in [4.69, 9.17) is 4.74 Å². The van der Waals surface area contributed by atoms with E-state index in [-0.39, 0.29) is 17.6 Å². The minimum Gasteiger partial charge on any atom is -0.493 e. The Labute approximate surface area is 107 Å². The maximum absolute atomic E-state index is 11.6. The summed E-state index contributed by atoms with van der Waals surface area (Å²) < 4.78 is 5.37. The molecule has 98 valence electrons. The van der Waals surface area contributed by atoms with Crippen molar-refractivity contribution in [2.75, 3.05) is 11.9 Å². The van der Waals surface area contributed by atoms with Gasteiger partial charge < -0.3 is 10.1 Å². The van der Waals surface area contributed by atoms with Crippen molar-refractivity contribution in [3.63, 3.8) is 0 Å². The van der Waals surface area contributed by atoms with Crippen LogP contribution in [-0.4, -0.2) is 18.3 Å². The Morgan fingerprint density at radius 2 is 2.00 bits per heavy atom. The van der Waals surface area contributed by atoms with Crippen LogP contribution in [0.25, 0.3) is 0 Å². The Hall–Kier alpha value is -1.84. The lowest BCUT2D eigenvalue weighted by Gasteiger charge is -2.12. The van der Waals surface area contributed by atoms with E-state index in [0.29, 0.717) is 23.6 Å². The van der Waals surface area contributed by atoms with Crippen LogP contribution in [0.3, 0.4) is 0 Å². The van der Waals surface area contributed by atoms with Gasteiger partial charge in [-0.05, 0) is 32.0 Å². The van der Waals surface area contributed by atoms with E-state index in [2.05, 4.69) is 5.32 Å². The summed E-state index contributed by atoms with van der Waals surface area (Å²) in [6.07, 6.45) is 0. The van der Waals surface area contributed by atoms with Gasteiger partial charge >= 0.3 is 0 Å². The average Bonchev–Trinajstić information content (AvgIpc) is 2.30. The molecule has 4 nitrogen and oxygen atoms in total. The van der Waals surface area contributed by atoms with E-state index in [0.717, 1.165) is 0 Å². The van der Waals surface area contributed by atoms with Gasteiger partial charge in [0.15, 0.2) is 5.78 Å². The van der Waals surface area contributed by atoms with Gasteiger partial charge in [0.2, 0.25) is 5.91 Å². The van der Waals surface area contributed by atoms with Crippen LogP contribution in [0, 0.1) is 5.92 Å². The Balaban J connectivity index is 3.00. The highest BCUT2D eigenvalue weighted by Gasteiger charge is 2.12. The first-order valence-electron chi connectivity index (χ1n) is 6.04. The van der Waals surface area contributed by atoms with Gasteiger partial charge in [-0.2, -0.15) is 0 Å². The van der Waals surface area contributed by atoms with Crippen LogP contribution in [0.5, 0.6) is 5.75 Å². The maximum Gasteiger partial charge on any atom is 0.226 e. The molecule has 0 aliphatic rings. The van der Waals surface area contributed by atoms with Gasteiger partial charge in [-0.1, -0.05) is 13.8 Å². The number of ketones is 1. The van der Waals surface area contributed by atoms with E-state index < -0.39 is 0 Å². The third-order valence-corrected chi connectivity index (χ3v) is 2.45. The molecule has 0 spiro atoms. The van der Waals surface area contributed by atoms with Crippen molar-refractivity contribution in [1.29, 1.82) is 0 Å². The van der Waals surface area contributed by atoms with Gasteiger partial charge in [0.25, 0.3) is 0 Å². The van der Waals surface area contributed by atoms with E-state index in [1.165, 1.54) is 6.92 Å². The lowest BCUT2D eigenvalue weighted by atomic mass is 10.1. The second kappa shape index (κ2) is 6.19. The molecule has 0 saturated heterocycles. The molecule has 0 radical (unpaired) electrons. The van der Waals surface area contributed by atoms with Gasteiger partial charge in [-0.3, -0.25) is 9.59 Å². The predicted octanol–water partition coefficient (Wildman–Crippen LogP) is 2.88. The molecule has 0 unspecified atom stereocenters. The number of ether oxygens (including phenoxy) is 1. The molecule has 0 bridgehead atoms. The van der Waals surface area contributed by atoms with Crippen LogP contribution < -0.4 is 10.1 Å². The fourth-order valence-corrected chi connectivity index (χ4v) is 1.45. The highest BCUT2D eigenvalue weighted by Crippen LogP contribution is 2.23. The summed E-state index contributed by atoms with van der Waals surface area (Å²) >= 11 is 0. The quantitative estimate of drug-likeness (QED) is 0.816. The third kappa shape index (κ3) is 3.58. The predicted molar refractivity (Wildman–Crippen MR) is 71.1 cm³/mol. The van der Waals surface area contributed by atoms with Crippen LogP contribution in [0.2, 0.25) is 0 Å². The smallest absolute Gasteiger partial charge is 0.226 e. The van der Waals surface area contributed by atoms with Crippen LogP contribution >= 0.6 is 0 Å². The van der Waals surface area contributed by atoms with Crippen molar-refractivity contribution >= 4 is 17.4 Å². The van der Waals surface area contributed by atoms with Gasteiger partial charge in [0, 0.05) is 11.6 Å². The number of Topliss-reactive ketones (excluding diaryl/α,β-unsaturated/α-hetero) is 1. The monoisotopic (exact) mass is 249 g/mol. The van der Waals surface area contributed by atoms with Gasteiger partial charge in [-0.25, -0.2) is 0 Å². The number of hydrogen-bond acceptors (Lipinski definition) is 3. The number of hydrogen-bond donors (Lipinski definition) is 1. The summed E-state index contributed by atoms with van der Waals surface area (Å²) in [6.45, 7) is 7.47. The number of benzene rings is 1. The summed E-state index contributed by atoms with van der Waals surface area (Å²) in [7, 11) is 0. The lowest BCUT2D eigenvalue weighted by Crippen LogP contribution is -2.18. The van der Waals surface area contributed by atoms with Crippen LogP contribution in [0.4, 0.5) is 5.69 Å². The zero-order valence-corrected chi connectivity index (χ0v) is 11.2. The number of amides is 1. The first-order valence-corrected chi connectivity index (χ1v) is 6.04. The fraction of sp³-hybridized carbons (Fsp3) is 0.429. The van der Waals surface area contributed by atoms with Crippen molar-refractivity contribution in [1.82, 2.24) is 0 Å². The van der Waals surface area contributed by atoms with E-state index in [1.807, 2.05) is 20.8 Å². The largest absolute Gasteiger partial charge is 0.493 e. The lowest BCUT2D eigenvalue weighted by molar-refractivity contribution is -0.118. The van der Waals surface area contributed by atoms with Crippen LogP contribution in [0.1, 0.15) is 38.1 Å². The molecule has 0 aliphatic carbocycles. The second-order valence-electron chi connectivity index (χ2n) is 4.34. The molecule has 18 heavy (non-hydrogen) atoms. The average molecular weight is 249 g/mol. The summed E-state index contributed by atoms with van der Waals surface area (Å²) in [5.74, 6) is 0.289. The van der Waals surface area contributed by atoms with Crippen LogP contribution in [0.15, 0.2) is 18.2 Å². The third-order valence-electron chi connectivity index (χ3n) is 2.45. The molecule has 0 saturated carbocycles. The zero-order chi connectivity index (χ0) is 13.7. The van der Waals surface area contributed by atoms with Crippen molar-refractivity contribution in [3.05, 3.63) is 23.8 Å². The van der Waals surface area contributed by atoms with E-state index in [1.54, 1.807) is 18.2 Å². The first kappa shape index (κ1) is 14.2. The van der Waals surface area contributed by atoms with Crippen molar-refractivity contribution in [2.45, 2.75) is 27.7 Å². The molecule has 0 aliphatic heterocycles. The van der Waals surface area contributed by atoms with Gasteiger partial charge in [-0.15, -0.1) is 0 Å². The number of anilines is 1. The Kier molecular flexibility index (Phi) is 4.89. The molecular formula is C14H19NO3. The maximum atomic E-state index is 11.6. The minimum absolute atomic E-state index is 0.0753. The highest BCUT2D eigenvalue weighted by molar-refractivity contribution is 5.99. The van der Waals surface area contributed by atoms with Crippen molar-refractivity contribution in [3.8, 4) is 5.75 Å². The van der Waals surface area contributed by atoms with E-state index in [9.17, 15) is 9.59 Å². The molecular weight excluding hydrogens is 230 g/mol. The number of rotatable bonds is 5.